The molecule has 0 radical (unpaired) electrons. The van der Waals surface area contributed by atoms with Crippen LogP contribution in [0.15, 0.2) is 24.3 Å². The molecule has 1 fully saturated rings. The summed E-state index contributed by atoms with van der Waals surface area (Å²) < 4.78 is 0. The Morgan fingerprint density at radius 3 is 2.24 bits per heavy atom. The second-order valence-electron chi connectivity index (χ2n) is 5.19. The van der Waals surface area contributed by atoms with Gasteiger partial charge in [-0.3, -0.25) is 14.4 Å². The maximum atomic E-state index is 12.1. The summed E-state index contributed by atoms with van der Waals surface area (Å²) in [7, 11) is 1.55. The topological polar surface area (TPSA) is 95.5 Å². The minimum Gasteiger partial charge on any atom is -0.481 e. The van der Waals surface area contributed by atoms with Gasteiger partial charge in [0, 0.05) is 24.2 Å². The monoisotopic (exact) mass is 290 g/mol. The van der Waals surface area contributed by atoms with Crippen LogP contribution in [-0.2, 0) is 9.59 Å². The van der Waals surface area contributed by atoms with Gasteiger partial charge in [-0.2, -0.15) is 0 Å². The number of anilines is 1. The van der Waals surface area contributed by atoms with Gasteiger partial charge in [-0.25, -0.2) is 0 Å². The Morgan fingerprint density at radius 1 is 1.10 bits per heavy atom. The molecule has 6 nitrogen and oxygen atoms in total. The molecule has 112 valence electrons. The number of hydrogen-bond acceptors (Lipinski definition) is 3. The van der Waals surface area contributed by atoms with Crippen molar-refractivity contribution in [2.24, 2.45) is 11.8 Å². The predicted octanol–water partition coefficient (Wildman–Crippen LogP) is 1.49. The van der Waals surface area contributed by atoms with Gasteiger partial charge < -0.3 is 15.7 Å². The van der Waals surface area contributed by atoms with Crippen molar-refractivity contribution >= 4 is 23.5 Å². The van der Waals surface area contributed by atoms with Crippen LogP contribution in [0.2, 0.25) is 0 Å². The van der Waals surface area contributed by atoms with E-state index >= 15 is 0 Å². The molecular formula is C15H18N2O4. The van der Waals surface area contributed by atoms with Gasteiger partial charge >= 0.3 is 5.97 Å². The number of carboxylic acids is 1. The van der Waals surface area contributed by atoms with Crippen LogP contribution in [-0.4, -0.2) is 29.9 Å². The van der Waals surface area contributed by atoms with Crippen molar-refractivity contribution in [2.45, 2.75) is 19.3 Å². The molecule has 0 aromatic heterocycles. The van der Waals surface area contributed by atoms with Crippen LogP contribution in [0.5, 0.6) is 0 Å². The van der Waals surface area contributed by atoms with Crippen LogP contribution in [0, 0.1) is 11.8 Å². The highest BCUT2D eigenvalue weighted by molar-refractivity contribution is 5.96. The highest BCUT2D eigenvalue weighted by Gasteiger charge is 2.33. The van der Waals surface area contributed by atoms with Crippen LogP contribution in [0.3, 0.4) is 0 Å². The summed E-state index contributed by atoms with van der Waals surface area (Å²) in [5.74, 6) is -1.86. The van der Waals surface area contributed by atoms with Crippen molar-refractivity contribution in [1.82, 2.24) is 5.32 Å². The summed E-state index contributed by atoms with van der Waals surface area (Å²) >= 11 is 0. The van der Waals surface area contributed by atoms with Crippen LogP contribution in [0.4, 0.5) is 5.69 Å². The fraction of sp³-hybridized carbons (Fsp3) is 0.400. The molecule has 0 heterocycles. The summed E-state index contributed by atoms with van der Waals surface area (Å²) in [5, 5.41) is 14.2. The summed E-state index contributed by atoms with van der Waals surface area (Å²) in [5.41, 5.74) is 1.12. The van der Waals surface area contributed by atoms with Crippen molar-refractivity contribution in [1.29, 1.82) is 0 Å². The van der Waals surface area contributed by atoms with Gasteiger partial charge in [0.05, 0.1) is 5.92 Å². The first kappa shape index (κ1) is 15.0. The molecule has 1 aliphatic carbocycles. The smallest absolute Gasteiger partial charge is 0.306 e. The van der Waals surface area contributed by atoms with Gasteiger partial charge in [-0.1, -0.05) is 0 Å². The van der Waals surface area contributed by atoms with Crippen molar-refractivity contribution in [3.05, 3.63) is 29.8 Å². The maximum absolute atomic E-state index is 12.1. The average molecular weight is 290 g/mol. The third kappa shape index (κ3) is 3.59. The Balaban J connectivity index is 1.94. The van der Waals surface area contributed by atoms with E-state index in [2.05, 4.69) is 10.6 Å². The first-order valence-corrected chi connectivity index (χ1v) is 6.87. The van der Waals surface area contributed by atoms with E-state index in [1.54, 1.807) is 31.3 Å². The van der Waals surface area contributed by atoms with Gasteiger partial charge in [0.2, 0.25) is 5.91 Å². The molecule has 1 aromatic carbocycles. The quantitative estimate of drug-likeness (QED) is 0.782. The molecule has 3 N–H and O–H groups in total. The zero-order valence-corrected chi connectivity index (χ0v) is 11.8. The molecule has 2 unspecified atom stereocenters. The largest absolute Gasteiger partial charge is 0.481 e. The van der Waals surface area contributed by atoms with E-state index in [0.29, 0.717) is 30.5 Å². The van der Waals surface area contributed by atoms with E-state index in [0.717, 1.165) is 0 Å². The maximum Gasteiger partial charge on any atom is 0.306 e. The first-order valence-electron chi connectivity index (χ1n) is 6.87. The lowest BCUT2D eigenvalue weighted by molar-refractivity contribution is -0.141. The molecule has 2 rings (SSSR count). The number of carbonyl (C=O) groups is 3. The molecule has 21 heavy (non-hydrogen) atoms. The molecule has 6 heteroatoms. The van der Waals surface area contributed by atoms with E-state index in [1.807, 2.05) is 0 Å². The number of hydrogen-bond donors (Lipinski definition) is 3. The van der Waals surface area contributed by atoms with E-state index < -0.39 is 11.9 Å². The van der Waals surface area contributed by atoms with Crippen molar-refractivity contribution in [2.75, 3.05) is 12.4 Å². The number of rotatable bonds is 4. The van der Waals surface area contributed by atoms with E-state index in [4.69, 9.17) is 5.11 Å². The van der Waals surface area contributed by atoms with Crippen LogP contribution < -0.4 is 10.6 Å². The normalized spacial score (nSPS) is 20.8. The lowest BCUT2D eigenvalue weighted by Gasteiger charge is -2.11. The summed E-state index contributed by atoms with van der Waals surface area (Å²) in [6, 6.07) is 6.57. The summed E-state index contributed by atoms with van der Waals surface area (Å²) in [4.78, 5) is 34.4. The molecule has 1 aromatic rings. The molecule has 0 spiro atoms. The number of nitrogens with one attached hydrogen (secondary N) is 2. The Kier molecular flexibility index (Phi) is 4.57. The number of benzene rings is 1. The lowest BCUT2D eigenvalue weighted by Crippen LogP contribution is -2.22. The molecular weight excluding hydrogens is 272 g/mol. The van der Waals surface area contributed by atoms with Gasteiger partial charge in [0.25, 0.3) is 5.91 Å². The van der Waals surface area contributed by atoms with E-state index in [-0.39, 0.29) is 17.7 Å². The number of carbonyl (C=O) groups excluding carboxylic acids is 2. The molecule has 2 amide bonds. The molecule has 1 saturated carbocycles. The molecule has 2 atom stereocenters. The number of amides is 2. The second-order valence-corrected chi connectivity index (χ2v) is 5.19. The van der Waals surface area contributed by atoms with Gasteiger partial charge in [0.1, 0.15) is 0 Å². The van der Waals surface area contributed by atoms with E-state index in [1.165, 1.54) is 0 Å². The summed E-state index contributed by atoms with van der Waals surface area (Å²) in [6.07, 6.45) is 1.53. The van der Waals surface area contributed by atoms with Crippen molar-refractivity contribution in [3.63, 3.8) is 0 Å². The average Bonchev–Trinajstić information content (AvgIpc) is 2.97. The van der Waals surface area contributed by atoms with Crippen molar-refractivity contribution < 1.29 is 19.5 Å². The van der Waals surface area contributed by atoms with Crippen molar-refractivity contribution in [3.8, 4) is 0 Å². The fourth-order valence-corrected chi connectivity index (χ4v) is 2.54. The predicted molar refractivity (Wildman–Crippen MR) is 76.9 cm³/mol. The molecule has 0 aliphatic heterocycles. The summed E-state index contributed by atoms with van der Waals surface area (Å²) in [6.45, 7) is 0. The Hall–Kier alpha value is -2.37. The third-order valence-electron chi connectivity index (χ3n) is 3.79. The van der Waals surface area contributed by atoms with Gasteiger partial charge in [-0.15, -0.1) is 0 Å². The molecule has 0 saturated heterocycles. The highest BCUT2D eigenvalue weighted by Crippen LogP contribution is 2.31. The standard InChI is InChI=1S/C15H18N2O4/c1-16-13(18)9-4-6-12(7-5-9)17-14(19)10-2-3-11(8-10)15(20)21/h4-7,10-11H,2-3,8H2,1H3,(H,16,18)(H,17,19)(H,20,21). The number of aliphatic carboxylic acids is 1. The Bertz CT molecular complexity index is 553. The van der Waals surface area contributed by atoms with E-state index in [9.17, 15) is 14.4 Å². The van der Waals surface area contributed by atoms with Gasteiger partial charge in [-0.05, 0) is 43.5 Å². The van der Waals surface area contributed by atoms with Crippen LogP contribution in [0.25, 0.3) is 0 Å². The minimum atomic E-state index is -0.833. The number of carboxylic acid groups (broad SMARTS) is 1. The lowest BCUT2D eigenvalue weighted by atomic mass is 10.0. The Labute approximate surface area is 122 Å². The first-order chi connectivity index (χ1) is 10.0. The Morgan fingerprint density at radius 2 is 1.71 bits per heavy atom. The highest BCUT2D eigenvalue weighted by atomic mass is 16.4. The van der Waals surface area contributed by atoms with Crippen LogP contribution >= 0.6 is 0 Å². The molecule has 1 aliphatic rings. The zero-order valence-electron chi connectivity index (χ0n) is 11.8. The van der Waals surface area contributed by atoms with Gasteiger partial charge in [0.15, 0.2) is 0 Å². The SMILES string of the molecule is CNC(=O)c1ccc(NC(=O)C2CCC(C(=O)O)C2)cc1. The zero-order chi connectivity index (χ0) is 15.4. The third-order valence-corrected chi connectivity index (χ3v) is 3.79. The molecule has 0 bridgehead atoms. The minimum absolute atomic E-state index is 0.161. The van der Waals surface area contributed by atoms with Crippen LogP contribution in [0.1, 0.15) is 29.6 Å². The second kappa shape index (κ2) is 6.39. The fourth-order valence-electron chi connectivity index (χ4n) is 2.54.